The minimum atomic E-state index is -0.534. The van der Waals surface area contributed by atoms with Crippen LogP contribution in [-0.2, 0) is 11.2 Å². The average molecular weight is 324 g/mol. The maximum Gasteiger partial charge on any atom is 0.356 e. The predicted octanol–water partition coefficient (Wildman–Crippen LogP) is 4.47. The Balaban J connectivity index is 2.18. The number of halogens is 1. The van der Waals surface area contributed by atoms with E-state index in [-0.39, 0.29) is 11.5 Å². The summed E-state index contributed by atoms with van der Waals surface area (Å²) in [7, 11) is 1.30. The largest absolute Gasteiger partial charge is 0.464 e. The number of carbonyl (C=O) groups is 1. The van der Waals surface area contributed by atoms with Crippen LogP contribution in [0.2, 0.25) is 0 Å². The van der Waals surface area contributed by atoms with E-state index in [2.05, 4.69) is 17.2 Å². The molecule has 0 radical (unpaired) electrons. The number of hydrogen-bond acceptors (Lipinski definition) is 4. The monoisotopic (exact) mass is 324 g/mol. The second kappa shape index (κ2) is 6.66. The van der Waals surface area contributed by atoms with Crippen LogP contribution in [0.15, 0.2) is 48.5 Å². The molecule has 0 fully saturated rings. The van der Waals surface area contributed by atoms with Crippen LogP contribution >= 0.6 is 0 Å². The summed E-state index contributed by atoms with van der Waals surface area (Å²) in [6.07, 6.45) is 0.869. The van der Waals surface area contributed by atoms with Crippen LogP contribution in [0.5, 0.6) is 0 Å². The summed E-state index contributed by atoms with van der Waals surface area (Å²) in [6, 6.07) is 13.8. The molecule has 0 saturated carbocycles. The van der Waals surface area contributed by atoms with Gasteiger partial charge in [0.05, 0.1) is 24.0 Å². The predicted molar refractivity (Wildman–Crippen MR) is 92.1 cm³/mol. The van der Waals surface area contributed by atoms with Gasteiger partial charge in [0.2, 0.25) is 0 Å². The molecule has 0 saturated heterocycles. The number of nitrogens with zero attached hydrogens (tertiary/aromatic N) is 1. The fourth-order valence-electron chi connectivity index (χ4n) is 2.51. The normalized spacial score (nSPS) is 10.6. The highest BCUT2D eigenvalue weighted by molar-refractivity contribution is 5.99. The van der Waals surface area contributed by atoms with Gasteiger partial charge in [-0.15, -0.1) is 0 Å². The summed E-state index contributed by atoms with van der Waals surface area (Å²) in [6.45, 7) is 2.06. The Labute approximate surface area is 139 Å². The maximum atomic E-state index is 14.0. The molecule has 0 spiro atoms. The molecule has 0 amide bonds. The topological polar surface area (TPSA) is 51.2 Å². The molecule has 122 valence electrons. The van der Waals surface area contributed by atoms with Crippen LogP contribution in [-0.4, -0.2) is 18.1 Å². The molecule has 0 atom stereocenters. The molecule has 1 N–H and O–H groups in total. The van der Waals surface area contributed by atoms with Crippen molar-refractivity contribution in [3.63, 3.8) is 0 Å². The molecule has 1 heterocycles. The number of fused-ring (bicyclic) bond motifs is 1. The molecular weight excluding hydrogens is 307 g/mol. The van der Waals surface area contributed by atoms with Gasteiger partial charge in [-0.1, -0.05) is 25.1 Å². The fraction of sp³-hybridized carbons (Fsp3) is 0.158. The van der Waals surface area contributed by atoms with Crippen LogP contribution in [0.4, 0.5) is 15.8 Å². The van der Waals surface area contributed by atoms with Crippen LogP contribution in [0.1, 0.15) is 23.0 Å². The maximum absolute atomic E-state index is 14.0. The Morgan fingerprint density at radius 3 is 2.67 bits per heavy atom. The Bertz CT molecular complexity index is 909. The molecule has 24 heavy (non-hydrogen) atoms. The second-order valence-corrected chi connectivity index (χ2v) is 5.36. The quantitative estimate of drug-likeness (QED) is 0.720. The lowest BCUT2D eigenvalue weighted by Crippen LogP contribution is -2.06. The van der Waals surface area contributed by atoms with E-state index in [4.69, 9.17) is 4.74 Å². The smallest absolute Gasteiger partial charge is 0.356 e. The lowest BCUT2D eigenvalue weighted by molar-refractivity contribution is 0.0594. The molecule has 2 aromatic carbocycles. The van der Waals surface area contributed by atoms with Crippen LogP contribution in [0, 0.1) is 5.82 Å². The van der Waals surface area contributed by atoms with Crippen molar-refractivity contribution in [2.75, 3.05) is 12.4 Å². The molecule has 0 aliphatic heterocycles. The van der Waals surface area contributed by atoms with E-state index >= 15 is 0 Å². The Morgan fingerprint density at radius 1 is 1.17 bits per heavy atom. The molecule has 5 heteroatoms. The van der Waals surface area contributed by atoms with Gasteiger partial charge in [-0.25, -0.2) is 14.2 Å². The van der Waals surface area contributed by atoms with E-state index in [9.17, 15) is 9.18 Å². The highest BCUT2D eigenvalue weighted by Crippen LogP contribution is 2.29. The minimum Gasteiger partial charge on any atom is -0.464 e. The molecular formula is C19H17FN2O2. The van der Waals surface area contributed by atoms with Crippen molar-refractivity contribution in [2.45, 2.75) is 13.3 Å². The molecule has 3 rings (SSSR count). The second-order valence-electron chi connectivity index (χ2n) is 5.36. The summed E-state index contributed by atoms with van der Waals surface area (Å²) in [5.41, 5.74) is 2.90. The number of benzene rings is 2. The first-order valence-electron chi connectivity index (χ1n) is 7.66. The van der Waals surface area contributed by atoms with Gasteiger partial charge < -0.3 is 10.1 Å². The fourth-order valence-corrected chi connectivity index (χ4v) is 2.51. The van der Waals surface area contributed by atoms with Crippen LogP contribution in [0.25, 0.3) is 10.9 Å². The zero-order valence-electron chi connectivity index (χ0n) is 13.5. The number of aromatic nitrogens is 1. The van der Waals surface area contributed by atoms with Crippen molar-refractivity contribution in [3.05, 3.63) is 65.6 Å². The minimum absolute atomic E-state index is 0.174. The number of pyridine rings is 1. The number of aryl methyl sites for hydroxylation is 1. The van der Waals surface area contributed by atoms with Crippen LogP contribution < -0.4 is 5.32 Å². The third-order valence-corrected chi connectivity index (χ3v) is 3.82. The molecule has 3 aromatic rings. The van der Waals surface area contributed by atoms with E-state index < -0.39 is 5.97 Å². The third-order valence-electron chi connectivity index (χ3n) is 3.82. The Kier molecular flexibility index (Phi) is 4.42. The van der Waals surface area contributed by atoms with Crippen LogP contribution in [0.3, 0.4) is 0 Å². The van der Waals surface area contributed by atoms with E-state index in [1.807, 2.05) is 18.2 Å². The number of para-hydroxylation sites is 1. The molecule has 0 aliphatic rings. The number of rotatable bonds is 4. The Morgan fingerprint density at radius 2 is 1.96 bits per heavy atom. The lowest BCUT2D eigenvalue weighted by Gasteiger charge is -2.13. The number of ether oxygens (including phenoxy) is 1. The highest BCUT2D eigenvalue weighted by atomic mass is 19.1. The van der Waals surface area contributed by atoms with Gasteiger partial charge in [-0.2, -0.15) is 0 Å². The summed E-state index contributed by atoms with van der Waals surface area (Å²) >= 11 is 0. The van der Waals surface area contributed by atoms with Gasteiger partial charge in [0.25, 0.3) is 0 Å². The number of hydrogen-bond donors (Lipinski definition) is 1. The van der Waals surface area contributed by atoms with Gasteiger partial charge in [-0.05, 0) is 42.3 Å². The first-order chi connectivity index (χ1) is 11.6. The van der Waals surface area contributed by atoms with Crippen molar-refractivity contribution in [2.24, 2.45) is 0 Å². The molecule has 0 aliphatic carbocycles. The molecule has 0 bridgehead atoms. The zero-order valence-corrected chi connectivity index (χ0v) is 13.5. The van der Waals surface area contributed by atoms with Crippen molar-refractivity contribution >= 4 is 28.2 Å². The first-order valence-corrected chi connectivity index (χ1v) is 7.66. The van der Waals surface area contributed by atoms with Crippen molar-refractivity contribution in [3.8, 4) is 0 Å². The summed E-state index contributed by atoms with van der Waals surface area (Å²) in [5, 5.41) is 3.89. The molecule has 0 unspecified atom stereocenters. The van der Waals surface area contributed by atoms with E-state index in [1.54, 1.807) is 24.3 Å². The average Bonchev–Trinajstić information content (AvgIpc) is 2.62. The summed E-state index contributed by atoms with van der Waals surface area (Å²) in [4.78, 5) is 16.2. The number of carbonyl (C=O) groups excluding carboxylic acids is 1. The lowest BCUT2D eigenvalue weighted by atomic mass is 10.1. The van der Waals surface area contributed by atoms with E-state index in [0.717, 1.165) is 17.4 Å². The molecule has 1 aromatic heterocycles. The molecule has 4 nitrogen and oxygen atoms in total. The number of anilines is 2. The van der Waals surface area contributed by atoms with Gasteiger partial charge >= 0.3 is 5.97 Å². The van der Waals surface area contributed by atoms with Crippen molar-refractivity contribution in [1.29, 1.82) is 0 Å². The number of nitrogens with one attached hydrogen (secondary N) is 1. The van der Waals surface area contributed by atoms with Gasteiger partial charge in [0.15, 0.2) is 5.69 Å². The van der Waals surface area contributed by atoms with Gasteiger partial charge in [-0.3, -0.25) is 0 Å². The van der Waals surface area contributed by atoms with E-state index in [1.165, 1.54) is 13.2 Å². The van der Waals surface area contributed by atoms with Crippen molar-refractivity contribution in [1.82, 2.24) is 4.98 Å². The first kappa shape index (κ1) is 15.9. The van der Waals surface area contributed by atoms with Gasteiger partial charge in [0.1, 0.15) is 5.82 Å². The van der Waals surface area contributed by atoms with Crippen molar-refractivity contribution < 1.29 is 13.9 Å². The van der Waals surface area contributed by atoms with E-state index in [0.29, 0.717) is 16.9 Å². The highest BCUT2D eigenvalue weighted by Gasteiger charge is 2.14. The summed E-state index contributed by atoms with van der Waals surface area (Å²) in [5.74, 6) is -0.901. The third kappa shape index (κ3) is 3.06. The number of esters is 1. The SMILES string of the molecule is CCc1ccc2nc(C(=O)OC)cc(Nc3ccccc3F)c2c1. The van der Waals surface area contributed by atoms with Gasteiger partial charge in [0, 0.05) is 5.39 Å². The Hall–Kier alpha value is -2.95. The summed E-state index contributed by atoms with van der Waals surface area (Å²) < 4.78 is 18.7. The number of methoxy groups -OCH3 is 1. The standard InChI is InChI=1S/C19H17FN2O2/c1-3-12-8-9-15-13(10-12)17(11-18(21-15)19(23)24-2)22-16-7-5-4-6-14(16)20/h4-11H,3H2,1-2H3,(H,21,22). The zero-order chi connectivity index (χ0) is 17.1.